The van der Waals surface area contributed by atoms with E-state index in [1.807, 2.05) is 12.1 Å². The molecule has 2 nitrogen and oxygen atoms in total. The summed E-state index contributed by atoms with van der Waals surface area (Å²) >= 11 is 0. The third kappa shape index (κ3) is 3.37. The second-order valence-electron chi connectivity index (χ2n) is 7.44. The molecule has 0 saturated carbocycles. The summed E-state index contributed by atoms with van der Waals surface area (Å²) in [5.41, 5.74) is 2.36. The van der Waals surface area contributed by atoms with E-state index in [0.717, 1.165) is 11.5 Å². The van der Waals surface area contributed by atoms with Crippen LogP contribution in [0.4, 0.5) is 0 Å². The first-order valence-electron chi connectivity index (χ1n) is 10.00. The molecule has 0 unspecified atom stereocenters. The predicted molar refractivity (Wildman–Crippen MR) is 127 cm³/mol. The van der Waals surface area contributed by atoms with Crippen LogP contribution >= 0.6 is 0 Å². The molecule has 30 heavy (non-hydrogen) atoms. The zero-order chi connectivity index (χ0) is 20.5. The van der Waals surface area contributed by atoms with Crippen LogP contribution < -0.4 is 9.47 Å². The van der Waals surface area contributed by atoms with Gasteiger partial charge in [-0.2, -0.15) is 0 Å². The van der Waals surface area contributed by atoms with E-state index in [2.05, 4.69) is 84.9 Å². The lowest BCUT2D eigenvalue weighted by Crippen LogP contribution is -1.84. The van der Waals surface area contributed by atoms with Crippen LogP contribution in [0, 0.1) is 0 Å². The van der Waals surface area contributed by atoms with Gasteiger partial charge in [0.1, 0.15) is 11.5 Å². The number of hydrogen-bond donors (Lipinski definition) is 0. The Bertz CT molecular complexity index is 1410. The highest BCUT2D eigenvalue weighted by Gasteiger charge is 2.03. The number of methoxy groups -OCH3 is 2. The fourth-order valence-corrected chi connectivity index (χ4v) is 3.95. The SMILES string of the molecule is COc1ccc2cc(/C=C/c3ccc4ccc5cc(OC)ccc5c4c3)ccc2c1. The lowest BCUT2D eigenvalue weighted by molar-refractivity contribution is 0.415. The minimum atomic E-state index is 0.881. The van der Waals surface area contributed by atoms with Gasteiger partial charge < -0.3 is 9.47 Å². The molecule has 0 bridgehead atoms. The predicted octanol–water partition coefficient (Wildman–Crippen LogP) is 7.33. The zero-order valence-electron chi connectivity index (χ0n) is 17.1. The second kappa shape index (κ2) is 7.57. The molecule has 0 radical (unpaired) electrons. The van der Waals surface area contributed by atoms with Gasteiger partial charge in [-0.25, -0.2) is 0 Å². The lowest BCUT2D eigenvalue weighted by atomic mass is 9.99. The van der Waals surface area contributed by atoms with Gasteiger partial charge in [0.05, 0.1) is 14.2 Å². The normalized spacial score (nSPS) is 11.5. The van der Waals surface area contributed by atoms with Crippen LogP contribution in [0.2, 0.25) is 0 Å². The third-order valence-corrected chi connectivity index (χ3v) is 5.61. The molecule has 0 amide bonds. The van der Waals surface area contributed by atoms with Crippen LogP contribution in [0.5, 0.6) is 11.5 Å². The van der Waals surface area contributed by atoms with Crippen molar-refractivity contribution in [1.82, 2.24) is 0 Å². The molecule has 0 aromatic heterocycles. The van der Waals surface area contributed by atoms with Crippen molar-refractivity contribution in [2.24, 2.45) is 0 Å². The molecule has 0 heterocycles. The van der Waals surface area contributed by atoms with E-state index in [9.17, 15) is 0 Å². The van der Waals surface area contributed by atoms with Crippen LogP contribution in [0.1, 0.15) is 11.1 Å². The number of hydrogen-bond acceptors (Lipinski definition) is 2. The maximum Gasteiger partial charge on any atom is 0.119 e. The summed E-state index contributed by atoms with van der Waals surface area (Å²) in [7, 11) is 3.40. The van der Waals surface area contributed by atoms with Gasteiger partial charge in [-0.3, -0.25) is 0 Å². The highest BCUT2D eigenvalue weighted by Crippen LogP contribution is 2.30. The molecular formula is C28H22O2. The van der Waals surface area contributed by atoms with Gasteiger partial charge in [0.15, 0.2) is 0 Å². The Balaban J connectivity index is 1.52. The Morgan fingerprint density at radius 3 is 1.77 bits per heavy atom. The Hall–Kier alpha value is -3.78. The first-order chi connectivity index (χ1) is 14.7. The van der Waals surface area contributed by atoms with E-state index in [-0.39, 0.29) is 0 Å². The average Bonchev–Trinajstić information content (AvgIpc) is 2.81. The van der Waals surface area contributed by atoms with Crippen LogP contribution in [0.15, 0.2) is 84.9 Å². The van der Waals surface area contributed by atoms with Crippen molar-refractivity contribution in [1.29, 1.82) is 0 Å². The van der Waals surface area contributed by atoms with Gasteiger partial charge in [-0.1, -0.05) is 60.7 Å². The van der Waals surface area contributed by atoms with Crippen molar-refractivity contribution < 1.29 is 9.47 Å². The molecule has 5 rings (SSSR count). The third-order valence-electron chi connectivity index (χ3n) is 5.61. The molecule has 0 aliphatic heterocycles. The van der Waals surface area contributed by atoms with E-state index in [1.54, 1.807) is 14.2 Å². The molecule has 0 N–H and O–H groups in total. The Kier molecular flexibility index (Phi) is 4.61. The summed E-state index contributed by atoms with van der Waals surface area (Å²) in [6.45, 7) is 0. The molecule has 0 spiro atoms. The molecular weight excluding hydrogens is 368 g/mol. The van der Waals surface area contributed by atoms with Crippen LogP contribution in [-0.4, -0.2) is 14.2 Å². The standard InChI is InChI=1S/C28H22O2/c1-29-25-12-11-22-15-19(6-8-23(22)17-25)3-4-20-5-7-21-9-10-24-18-26(30-2)13-14-27(24)28(21)16-20/h3-18H,1-2H3/b4-3+. The van der Waals surface area contributed by atoms with Gasteiger partial charge in [0, 0.05) is 0 Å². The van der Waals surface area contributed by atoms with Gasteiger partial charge in [-0.05, 0) is 79.8 Å². The lowest BCUT2D eigenvalue weighted by Gasteiger charge is -2.07. The van der Waals surface area contributed by atoms with Crippen molar-refractivity contribution in [2.75, 3.05) is 14.2 Å². The average molecular weight is 390 g/mol. The van der Waals surface area contributed by atoms with Crippen LogP contribution in [0.25, 0.3) is 44.5 Å². The van der Waals surface area contributed by atoms with Crippen molar-refractivity contribution in [3.63, 3.8) is 0 Å². The maximum atomic E-state index is 5.37. The Labute approximate surface area is 176 Å². The van der Waals surface area contributed by atoms with Crippen molar-refractivity contribution in [3.05, 3.63) is 96.1 Å². The Morgan fingerprint density at radius 2 is 1.00 bits per heavy atom. The summed E-state index contributed by atoms with van der Waals surface area (Å²) in [5, 5.41) is 7.30. The van der Waals surface area contributed by atoms with E-state index in [1.165, 1.54) is 43.4 Å². The van der Waals surface area contributed by atoms with Crippen LogP contribution in [0.3, 0.4) is 0 Å². The molecule has 0 saturated heterocycles. The molecule has 0 aliphatic carbocycles. The van der Waals surface area contributed by atoms with E-state index >= 15 is 0 Å². The number of ether oxygens (including phenoxy) is 2. The summed E-state index contributed by atoms with van der Waals surface area (Å²) in [5.74, 6) is 1.76. The second-order valence-corrected chi connectivity index (χ2v) is 7.44. The topological polar surface area (TPSA) is 18.5 Å². The molecule has 0 aliphatic rings. The minimum absolute atomic E-state index is 0.881. The number of fused-ring (bicyclic) bond motifs is 4. The zero-order valence-corrected chi connectivity index (χ0v) is 17.1. The number of benzene rings is 5. The molecule has 2 heteroatoms. The van der Waals surface area contributed by atoms with Gasteiger partial charge in [0.25, 0.3) is 0 Å². The fourth-order valence-electron chi connectivity index (χ4n) is 3.95. The van der Waals surface area contributed by atoms with Gasteiger partial charge in [-0.15, -0.1) is 0 Å². The fraction of sp³-hybridized carbons (Fsp3) is 0.0714. The summed E-state index contributed by atoms with van der Waals surface area (Å²) in [6, 6.07) is 29.8. The molecule has 0 fully saturated rings. The van der Waals surface area contributed by atoms with Gasteiger partial charge in [0.2, 0.25) is 0 Å². The molecule has 5 aromatic rings. The van der Waals surface area contributed by atoms with E-state index < -0.39 is 0 Å². The maximum absolute atomic E-state index is 5.37. The quantitative estimate of drug-likeness (QED) is 0.236. The van der Waals surface area contributed by atoms with Crippen molar-refractivity contribution >= 4 is 44.5 Å². The summed E-state index contributed by atoms with van der Waals surface area (Å²) in [6.07, 6.45) is 4.34. The minimum Gasteiger partial charge on any atom is -0.497 e. The highest BCUT2D eigenvalue weighted by atomic mass is 16.5. The Morgan fingerprint density at radius 1 is 0.467 bits per heavy atom. The molecule has 5 aromatic carbocycles. The number of rotatable bonds is 4. The van der Waals surface area contributed by atoms with Gasteiger partial charge >= 0.3 is 0 Å². The summed E-state index contributed by atoms with van der Waals surface area (Å²) in [4.78, 5) is 0. The highest BCUT2D eigenvalue weighted by molar-refractivity contribution is 6.08. The van der Waals surface area contributed by atoms with Crippen molar-refractivity contribution in [3.8, 4) is 11.5 Å². The smallest absolute Gasteiger partial charge is 0.119 e. The first-order valence-corrected chi connectivity index (χ1v) is 10.00. The summed E-state index contributed by atoms with van der Waals surface area (Å²) < 4.78 is 10.7. The van der Waals surface area contributed by atoms with E-state index in [0.29, 0.717) is 0 Å². The van der Waals surface area contributed by atoms with E-state index in [4.69, 9.17) is 9.47 Å². The van der Waals surface area contributed by atoms with Crippen molar-refractivity contribution in [2.45, 2.75) is 0 Å². The first kappa shape index (κ1) is 18.3. The van der Waals surface area contributed by atoms with Crippen LogP contribution in [-0.2, 0) is 0 Å². The largest absolute Gasteiger partial charge is 0.497 e. The molecule has 0 atom stereocenters. The monoisotopic (exact) mass is 390 g/mol. The molecule has 146 valence electrons.